The van der Waals surface area contributed by atoms with E-state index in [-0.39, 0.29) is 5.75 Å². The summed E-state index contributed by atoms with van der Waals surface area (Å²) in [6, 6.07) is 5.12. The Balaban J connectivity index is 2.64. The molecule has 5 heteroatoms. The molecule has 0 saturated heterocycles. The molecule has 0 N–H and O–H groups in total. The van der Waals surface area contributed by atoms with Crippen LogP contribution in [0.5, 0.6) is 0 Å². The highest BCUT2D eigenvalue weighted by molar-refractivity contribution is 7.92. The van der Waals surface area contributed by atoms with E-state index in [9.17, 15) is 8.42 Å². The molecule has 0 unspecified atom stereocenters. The molecular weight excluding hydrogens is 210 g/mol. The number of fused-ring (bicyclic) bond motifs is 1. The van der Waals surface area contributed by atoms with Gasteiger partial charge >= 0.3 is 0 Å². The molecule has 1 heterocycles. The number of hydrogen-bond donors (Lipinski definition) is 0. The van der Waals surface area contributed by atoms with Gasteiger partial charge in [-0.25, -0.2) is 8.42 Å². The molecule has 0 bridgehead atoms. The van der Waals surface area contributed by atoms with E-state index in [1.54, 1.807) is 18.2 Å². The lowest BCUT2D eigenvalue weighted by Gasteiger charge is -2.10. The second-order valence-electron chi connectivity index (χ2n) is 3.00. The zero-order valence-electron chi connectivity index (χ0n) is 6.99. The Morgan fingerprint density at radius 3 is 2.85 bits per heavy atom. The topological polar surface area (TPSA) is 37.4 Å². The SMILES string of the molecule is CN1c2cc(Cl)ccc2CS1(=O)=O. The minimum absolute atomic E-state index is 0.0794. The monoisotopic (exact) mass is 217 g/mol. The highest BCUT2D eigenvalue weighted by Crippen LogP contribution is 2.33. The molecule has 0 radical (unpaired) electrons. The van der Waals surface area contributed by atoms with Gasteiger partial charge in [-0.15, -0.1) is 0 Å². The first-order valence-corrected chi connectivity index (χ1v) is 5.74. The molecule has 0 saturated carbocycles. The summed E-state index contributed by atoms with van der Waals surface area (Å²) in [6.07, 6.45) is 0. The standard InChI is InChI=1S/C8H8ClNO2S/c1-10-8-4-7(9)3-2-6(8)5-13(10,11)12/h2-4H,5H2,1H3. The number of nitrogens with zero attached hydrogens (tertiary/aromatic N) is 1. The van der Waals surface area contributed by atoms with E-state index in [2.05, 4.69) is 0 Å². The predicted molar refractivity (Wildman–Crippen MR) is 52.5 cm³/mol. The molecule has 0 spiro atoms. The van der Waals surface area contributed by atoms with E-state index < -0.39 is 10.0 Å². The molecule has 1 aliphatic rings. The van der Waals surface area contributed by atoms with Crippen molar-refractivity contribution in [1.29, 1.82) is 0 Å². The van der Waals surface area contributed by atoms with Gasteiger partial charge in [0.1, 0.15) is 0 Å². The molecule has 1 aromatic rings. The average Bonchev–Trinajstić information content (AvgIpc) is 2.26. The van der Waals surface area contributed by atoms with Crippen LogP contribution in [-0.2, 0) is 15.8 Å². The average molecular weight is 218 g/mol. The quantitative estimate of drug-likeness (QED) is 0.662. The second kappa shape index (κ2) is 2.62. The first-order valence-electron chi connectivity index (χ1n) is 3.76. The van der Waals surface area contributed by atoms with Gasteiger partial charge in [-0.2, -0.15) is 0 Å². The van der Waals surface area contributed by atoms with Gasteiger partial charge in [-0.05, 0) is 17.7 Å². The Bertz CT molecular complexity index is 455. The molecule has 1 aliphatic heterocycles. The normalized spacial score (nSPS) is 18.8. The van der Waals surface area contributed by atoms with Crippen molar-refractivity contribution in [2.24, 2.45) is 0 Å². The van der Waals surface area contributed by atoms with E-state index in [0.29, 0.717) is 10.7 Å². The fourth-order valence-corrected chi connectivity index (χ4v) is 2.86. The lowest BCUT2D eigenvalue weighted by atomic mass is 10.2. The molecule has 0 amide bonds. The van der Waals surface area contributed by atoms with Crippen molar-refractivity contribution in [1.82, 2.24) is 0 Å². The number of benzene rings is 1. The smallest absolute Gasteiger partial charge is 0.239 e. The summed E-state index contributed by atoms with van der Waals surface area (Å²) >= 11 is 5.76. The highest BCUT2D eigenvalue weighted by atomic mass is 35.5. The number of anilines is 1. The second-order valence-corrected chi connectivity index (χ2v) is 5.43. The van der Waals surface area contributed by atoms with Gasteiger partial charge in [0.15, 0.2) is 0 Å². The summed E-state index contributed by atoms with van der Waals surface area (Å²) in [5, 5.41) is 0.558. The molecule has 2 rings (SSSR count). The van der Waals surface area contributed by atoms with Gasteiger partial charge < -0.3 is 0 Å². The van der Waals surface area contributed by atoms with Gasteiger partial charge in [0.25, 0.3) is 0 Å². The number of sulfonamides is 1. The maximum absolute atomic E-state index is 11.4. The first kappa shape index (κ1) is 8.84. The fraction of sp³-hybridized carbons (Fsp3) is 0.250. The minimum atomic E-state index is -3.13. The van der Waals surface area contributed by atoms with Crippen LogP contribution >= 0.6 is 11.6 Å². The van der Waals surface area contributed by atoms with Crippen LogP contribution in [0.2, 0.25) is 5.02 Å². The predicted octanol–water partition coefficient (Wildman–Crippen LogP) is 1.62. The van der Waals surface area contributed by atoms with E-state index >= 15 is 0 Å². The van der Waals surface area contributed by atoms with Crippen LogP contribution in [0.1, 0.15) is 5.56 Å². The summed E-state index contributed by atoms with van der Waals surface area (Å²) in [5.74, 6) is 0.0794. The van der Waals surface area contributed by atoms with Crippen LogP contribution in [0.3, 0.4) is 0 Å². The number of hydrogen-bond acceptors (Lipinski definition) is 2. The maximum atomic E-state index is 11.4. The number of halogens is 1. The van der Waals surface area contributed by atoms with Gasteiger partial charge in [-0.1, -0.05) is 17.7 Å². The Kier molecular flexibility index (Phi) is 1.78. The third kappa shape index (κ3) is 1.30. The summed E-state index contributed by atoms with van der Waals surface area (Å²) in [6.45, 7) is 0. The van der Waals surface area contributed by atoms with Crippen molar-refractivity contribution in [3.63, 3.8) is 0 Å². The van der Waals surface area contributed by atoms with Gasteiger partial charge in [0.2, 0.25) is 10.0 Å². The lowest BCUT2D eigenvalue weighted by Crippen LogP contribution is -2.20. The molecule has 3 nitrogen and oxygen atoms in total. The van der Waals surface area contributed by atoms with Crippen molar-refractivity contribution in [2.45, 2.75) is 5.75 Å². The molecule has 70 valence electrons. The largest absolute Gasteiger partial charge is 0.273 e. The third-order valence-corrected chi connectivity index (χ3v) is 4.08. The Morgan fingerprint density at radius 2 is 2.15 bits per heavy atom. The Labute approximate surface area is 82.0 Å². The van der Waals surface area contributed by atoms with Crippen LogP contribution < -0.4 is 4.31 Å². The van der Waals surface area contributed by atoms with Gasteiger partial charge in [0, 0.05) is 12.1 Å². The molecule has 0 fully saturated rings. The maximum Gasteiger partial charge on any atom is 0.239 e. The van der Waals surface area contributed by atoms with E-state index in [4.69, 9.17) is 11.6 Å². The van der Waals surface area contributed by atoms with Crippen LogP contribution in [0.15, 0.2) is 18.2 Å². The minimum Gasteiger partial charge on any atom is -0.273 e. The molecule has 13 heavy (non-hydrogen) atoms. The van der Waals surface area contributed by atoms with Gasteiger partial charge in [0.05, 0.1) is 11.4 Å². The Morgan fingerprint density at radius 1 is 1.46 bits per heavy atom. The van der Waals surface area contributed by atoms with Crippen LogP contribution in [-0.4, -0.2) is 15.5 Å². The third-order valence-electron chi connectivity index (χ3n) is 2.14. The van der Waals surface area contributed by atoms with E-state index in [1.807, 2.05) is 0 Å². The Hall–Kier alpha value is -0.740. The molecule has 0 atom stereocenters. The van der Waals surface area contributed by atoms with Crippen molar-refractivity contribution < 1.29 is 8.42 Å². The molecule has 0 aromatic heterocycles. The zero-order chi connectivity index (χ0) is 9.64. The van der Waals surface area contributed by atoms with Crippen molar-refractivity contribution in [3.05, 3.63) is 28.8 Å². The van der Waals surface area contributed by atoms with Crippen LogP contribution in [0.25, 0.3) is 0 Å². The van der Waals surface area contributed by atoms with Crippen molar-refractivity contribution >= 4 is 27.3 Å². The summed E-state index contributed by atoms with van der Waals surface area (Å²) in [5.41, 5.74) is 1.50. The lowest BCUT2D eigenvalue weighted by molar-refractivity contribution is 0.596. The molecule has 1 aromatic carbocycles. The van der Waals surface area contributed by atoms with Crippen molar-refractivity contribution in [2.75, 3.05) is 11.4 Å². The summed E-state index contributed by atoms with van der Waals surface area (Å²) in [4.78, 5) is 0. The van der Waals surface area contributed by atoms with E-state index in [0.717, 1.165) is 5.56 Å². The van der Waals surface area contributed by atoms with Crippen LogP contribution in [0.4, 0.5) is 5.69 Å². The van der Waals surface area contributed by atoms with E-state index in [1.165, 1.54) is 11.4 Å². The highest BCUT2D eigenvalue weighted by Gasteiger charge is 2.29. The van der Waals surface area contributed by atoms with Crippen molar-refractivity contribution in [3.8, 4) is 0 Å². The summed E-state index contributed by atoms with van der Waals surface area (Å²) < 4.78 is 24.1. The molecular formula is C8H8ClNO2S. The van der Waals surface area contributed by atoms with Gasteiger partial charge in [-0.3, -0.25) is 4.31 Å². The molecule has 0 aliphatic carbocycles. The van der Waals surface area contributed by atoms with Crippen LogP contribution in [0, 0.1) is 0 Å². The number of rotatable bonds is 0. The zero-order valence-corrected chi connectivity index (χ0v) is 8.56. The summed E-state index contributed by atoms with van der Waals surface area (Å²) in [7, 11) is -1.59. The first-order chi connectivity index (χ1) is 6.00. The fourth-order valence-electron chi connectivity index (χ4n) is 1.40.